The van der Waals surface area contributed by atoms with Gasteiger partial charge in [0.05, 0.1) is 12.2 Å². The Labute approximate surface area is 164 Å². The van der Waals surface area contributed by atoms with Crippen LogP contribution in [0.3, 0.4) is 0 Å². The summed E-state index contributed by atoms with van der Waals surface area (Å²) in [5.74, 6) is 1.05. The zero-order valence-electron chi connectivity index (χ0n) is 16.5. The monoisotopic (exact) mass is 385 g/mol. The van der Waals surface area contributed by atoms with Gasteiger partial charge in [-0.25, -0.2) is 9.48 Å². The molecule has 0 radical (unpaired) electrons. The van der Waals surface area contributed by atoms with Gasteiger partial charge in [-0.1, -0.05) is 12.8 Å². The minimum absolute atomic E-state index is 0.0642. The molecule has 0 aromatic carbocycles. The molecule has 1 N–H and O–H groups in total. The number of anilines is 1. The summed E-state index contributed by atoms with van der Waals surface area (Å²) in [6, 6.07) is 2.13. The highest BCUT2D eigenvalue weighted by atomic mass is 16.5. The lowest BCUT2D eigenvalue weighted by atomic mass is 9.95. The maximum Gasteiger partial charge on any atom is 0.349 e. The lowest BCUT2D eigenvalue weighted by Gasteiger charge is -2.21. The molecule has 2 aromatic rings. The van der Waals surface area contributed by atoms with Gasteiger partial charge in [0, 0.05) is 24.7 Å². The summed E-state index contributed by atoms with van der Waals surface area (Å²) >= 11 is 0. The molecule has 1 aliphatic carbocycles. The molecule has 2 aromatic heterocycles. The first kappa shape index (κ1) is 18.9. The zero-order valence-corrected chi connectivity index (χ0v) is 16.5. The number of nitrogens with zero attached hydrogens (tertiary/aromatic N) is 2. The summed E-state index contributed by atoms with van der Waals surface area (Å²) in [5.41, 5.74) is 1.01. The Balaban J connectivity index is 1.59. The predicted molar refractivity (Wildman–Crippen MR) is 105 cm³/mol. The van der Waals surface area contributed by atoms with E-state index in [4.69, 9.17) is 9.15 Å². The Bertz CT molecular complexity index is 918. The number of amides is 1. The number of rotatable bonds is 4. The lowest BCUT2D eigenvalue weighted by Crippen LogP contribution is -2.26. The topological polar surface area (TPSA) is 86.4 Å². The Morgan fingerprint density at radius 2 is 1.86 bits per heavy atom. The fourth-order valence-electron chi connectivity index (χ4n) is 4.29. The van der Waals surface area contributed by atoms with Crippen LogP contribution in [0.4, 0.5) is 5.82 Å². The average Bonchev–Trinajstić information content (AvgIpc) is 3.32. The van der Waals surface area contributed by atoms with Gasteiger partial charge in [-0.2, -0.15) is 5.10 Å². The Hall–Kier alpha value is -2.41. The standard InChI is InChI=1S/C21H27N3O4/c1-13-11-17(15-7-9-27-10-8-15)28-21(26)18(13)20(25)23-19-14(2)12-22-24(19)16-5-3-4-6-16/h11-12,15-16H,3-10H2,1-2H3,(H,23,25). The minimum atomic E-state index is -0.580. The van der Waals surface area contributed by atoms with Crippen molar-refractivity contribution in [1.29, 1.82) is 0 Å². The van der Waals surface area contributed by atoms with E-state index in [2.05, 4.69) is 10.4 Å². The van der Waals surface area contributed by atoms with Crippen LogP contribution in [0.15, 0.2) is 21.5 Å². The van der Waals surface area contributed by atoms with Gasteiger partial charge in [-0.3, -0.25) is 4.79 Å². The van der Waals surface area contributed by atoms with E-state index in [1.165, 1.54) is 12.8 Å². The van der Waals surface area contributed by atoms with Gasteiger partial charge >= 0.3 is 5.63 Å². The normalized spacial score (nSPS) is 18.5. The first-order chi connectivity index (χ1) is 13.5. The first-order valence-electron chi connectivity index (χ1n) is 10.1. The highest BCUT2D eigenvalue weighted by Gasteiger charge is 2.26. The van der Waals surface area contributed by atoms with Crippen molar-refractivity contribution < 1.29 is 13.9 Å². The van der Waals surface area contributed by atoms with Gasteiger partial charge in [0.1, 0.15) is 17.1 Å². The van der Waals surface area contributed by atoms with E-state index >= 15 is 0 Å². The summed E-state index contributed by atoms with van der Waals surface area (Å²) in [6.07, 6.45) is 7.88. The number of aryl methyl sites for hydroxylation is 2. The van der Waals surface area contributed by atoms with Gasteiger partial charge < -0.3 is 14.5 Å². The molecular formula is C21H27N3O4. The number of hydrogen-bond acceptors (Lipinski definition) is 5. The van der Waals surface area contributed by atoms with E-state index in [9.17, 15) is 9.59 Å². The van der Waals surface area contributed by atoms with E-state index in [-0.39, 0.29) is 11.5 Å². The number of ether oxygens (including phenoxy) is 1. The van der Waals surface area contributed by atoms with Crippen molar-refractivity contribution in [2.24, 2.45) is 0 Å². The molecule has 2 fully saturated rings. The van der Waals surface area contributed by atoms with Gasteiger partial charge in [0.15, 0.2) is 0 Å². The molecule has 3 heterocycles. The third-order valence-corrected chi connectivity index (χ3v) is 5.90. The molecule has 1 amide bonds. The van der Waals surface area contributed by atoms with Crippen LogP contribution in [0.2, 0.25) is 0 Å². The second-order valence-electron chi connectivity index (χ2n) is 7.89. The van der Waals surface area contributed by atoms with Gasteiger partial charge in [-0.15, -0.1) is 0 Å². The Morgan fingerprint density at radius 1 is 1.14 bits per heavy atom. The van der Waals surface area contributed by atoms with Crippen LogP contribution < -0.4 is 10.9 Å². The lowest BCUT2D eigenvalue weighted by molar-refractivity contribution is 0.0796. The average molecular weight is 385 g/mol. The highest BCUT2D eigenvalue weighted by molar-refractivity contribution is 6.04. The molecule has 0 atom stereocenters. The van der Waals surface area contributed by atoms with Crippen molar-refractivity contribution in [2.45, 2.75) is 64.3 Å². The molecule has 0 spiro atoms. The molecule has 0 unspecified atom stereocenters. The van der Waals surface area contributed by atoms with Crippen LogP contribution in [-0.4, -0.2) is 28.9 Å². The SMILES string of the molecule is Cc1cc(C2CCOCC2)oc(=O)c1C(=O)Nc1c(C)cnn1C1CCCC1. The number of carbonyl (C=O) groups is 1. The molecule has 150 valence electrons. The van der Waals surface area contributed by atoms with E-state index < -0.39 is 11.5 Å². The predicted octanol–water partition coefficient (Wildman–Crippen LogP) is 3.71. The number of nitrogens with one attached hydrogen (secondary N) is 1. The first-order valence-corrected chi connectivity index (χ1v) is 10.1. The maximum absolute atomic E-state index is 12.9. The van der Waals surface area contributed by atoms with Crippen molar-refractivity contribution in [1.82, 2.24) is 9.78 Å². The van der Waals surface area contributed by atoms with Crippen molar-refractivity contribution >= 4 is 11.7 Å². The number of hydrogen-bond donors (Lipinski definition) is 1. The van der Waals surface area contributed by atoms with Crippen LogP contribution in [0.1, 0.15) is 77.7 Å². The quantitative estimate of drug-likeness (QED) is 0.867. The number of carbonyl (C=O) groups excluding carboxylic acids is 1. The third kappa shape index (κ3) is 3.63. The molecule has 1 saturated heterocycles. The van der Waals surface area contributed by atoms with Gasteiger partial charge in [-0.05, 0) is 51.2 Å². The summed E-state index contributed by atoms with van der Waals surface area (Å²) in [6.45, 7) is 5.04. The summed E-state index contributed by atoms with van der Waals surface area (Å²) in [5, 5.41) is 7.37. The molecule has 7 heteroatoms. The largest absolute Gasteiger partial charge is 0.427 e. The van der Waals surface area contributed by atoms with Crippen LogP contribution in [0.25, 0.3) is 0 Å². The van der Waals surface area contributed by atoms with Crippen molar-refractivity contribution in [2.75, 3.05) is 18.5 Å². The van der Waals surface area contributed by atoms with Crippen molar-refractivity contribution in [3.05, 3.63) is 45.1 Å². The van der Waals surface area contributed by atoms with E-state index in [1.807, 2.05) is 17.7 Å². The molecule has 4 rings (SSSR count). The molecule has 2 aliphatic rings. The van der Waals surface area contributed by atoms with Crippen molar-refractivity contribution in [3.63, 3.8) is 0 Å². The van der Waals surface area contributed by atoms with Crippen LogP contribution in [0, 0.1) is 13.8 Å². The molecule has 0 bridgehead atoms. The molecule has 1 aliphatic heterocycles. The van der Waals surface area contributed by atoms with Crippen LogP contribution >= 0.6 is 0 Å². The smallest absolute Gasteiger partial charge is 0.349 e. The van der Waals surface area contributed by atoms with Crippen LogP contribution in [0.5, 0.6) is 0 Å². The van der Waals surface area contributed by atoms with E-state index in [0.717, 1.165) is 31.2 Å². The van der Waals surface area contributed by atoms with E-state index in [0.29, 0.717) is 36.4 Å². The second-order valence-corrected chi connectivity index (χ2v) is 7.89. The fourth-order valence-corrected chi connectivity index (χ4v) is 4.29. The summed E-state index contributed by atoms with van der Waals surface area (Å²) < 4.78 is 12.8. The maximum atomic E-state index is 12.9. The minimum Gasteiger partial charge on any atom is -0.427 e. The highest BCUT2D eigenvalue weighted by Crippen LogP contribution is 2.33. The molecular weight excluding hydrogens is 358 g/mol. The van der Waals surface area contributed by atoms with Crippen molar-refractivity contribution in [3.8, 4) is 0 Å². The fraction of sp³-hybridized carbons (Fsp3) is 0.571. The molecule has 7 nitrogen and oxygen atoms in total. The van der Waals surface area contributed by atoms with Gasteiger partial charge in [0.2, 0.25) is 0 Å². The Kier molecular flexibility index (Phi) is 5.35. The third-order valence-electron chi connectivity index (χ3n) is 5.90. The Morgan fingerprint density at radius 3 is 2.54 bits per heavy atom. The van der Waals surface area contributed by atoms with Crippen LogP contribution in [-0.2, 0) is 4.74 Å². The zero-order chi connectivity index (χ0) is 19.7. The molecule has 28 heavy (non-hydrogen) atoms. The van der Waals surface area contributed by atoms with Gasteiger partial charge in [0.25, 0.3) is 5.91 Å². The van der Waals surface area contributed by atoms with E-state index in [1.54, 1.807) is 13.1 Å². The second kappa shape index (κ2) is 7.91. The molecule has 1 saturated carbocycles. The summed E-state index contributed by atoms with van der Waals surface area (Å²) in [4.78, 5) is 25.5. The summed E-state index contributed by atoms with van der Waals surface area (Å²) in [7, 11) is 0. The number of aromatic nitrogens is 2.